The van der Waals surface area contributed by atoms with Crippen LogP contribution in [0.15, 0.2) is 5.16 Å². The molecule has 12 heavy (non-hydrogen) atoms. The third kappa shape index (κ3) is 1.77. The molecular weight excluding hydrogens is 172 g/mol. The second-order valence-corrected chi connectivity index (χ2v) is 4.42. The maximum Gasteiger partial charge on any atom is 0.357 e. The monoisotopic (exact) mass is 187 g/mol. The first-order valence-electron chi connectivity index (χ1n) is 3.83. The summed E-state index contributed by atoms with van der Waals surface area (Å²) in [5, 5.41) is 9.43. The lowest BCUT2D eigenvalue weighted by Crippen LogP contribution is -2.53. The van der Waals surface area contributed by atoms with Crippen LogP contribution in [0.2, 0.25) is 0 Å². The van der Waals surface area contributed by atoms with Gasteiger partial charge >= 0.3 is 5.16 Å². The summed E-state index contributed by atoms with van der Waals surface area (Å²) in [5.74, 6) is 0. The van der Waals surface area contributed by atoms with Gasteiger partial charge in [0, 0.05) is 0 Å². The minimum absolute atomic E-state index is 0.00655. The third-order valence-corrected chi connectivity index (χ3v) is 2.07. The molecule has 0 N–H and O–H groups in total. The van der Waals surface area contributed by atoms with Gasteiger partial charge in [-0.15, -0.1) is 4.68 Å². The molecule has 1 heterocycles. The van der Waals surface area contributed by atoms with Gasteiger partial charge in [-0.05, 0) is 31.8 Å². The molecule has 0 aliphatic carbocycles. The van der Waals surface area contributed by atoms with Crippen LogP contribution in [0, 0.1) is 0 Å². The number of rotatable bonds is 1. The molecular formula is C7H15N4S+. The van der Waals surface area contributed by atoms with E-state index in [9.17, 15) is 0 Å². The molecule has 0 atom stereocenters. The van der Waals surface area contributed by atoms with E-state index in [0.717, 1.165) is 5.16 Å². The van der Waals surface area contributed by atoms with Crippen molar-refractivity contribution in [2.75, 3.05) is 6.26 Å². The van der Waals surface area contributed by atoms with Gasteiger partial charge in [0.2, 0.25) is 0 Å². The predicted molar refractivity (Wildman–Crippen MR) is 48.0 cm³/mol. The Labute approximate surface area is 76.9 Å². The summed E-state index contributed by atoms with van der Waals surface area (Å²) < 4.78 is 1.93. The van der Waals surface area contributed by atoms with E-state index in [0.29, 0.717) is 0 Å². The molecule has 1 aromatic heterocycles. The molecule has 0 saturated heterocycles. The summed E-state index contributed by atoms with van der Waals surface area (Å²) in [6.45, 7) is 6.34. The fraction of sp³-hybridized carbons (Fsp3) is 0.857. The third-order valence-electron chi connectivity index (χ3n) is 1.45. The first kappa shape index (κ1) is 9.51. The molecule has 68 valence electrons. The van der Waals surface area contributed by atoms with Crippen molar-refractivity contribution in [2.45, 2.75) is 31.5 Å². The van der Waals surface area contributed by atoms with Gasteiger partial charge in [-0.1, -0.05) is 11.8 Å². The van der Waals surface area contributed by atoms with Crippen molar-refractivity contribution in [1.82, 2.24) is 15.1 Å². The molecule has 5 heteroatoms. The lowest BCUT2D eigenvalue weighted by molar-refractivity contribution is -0.838. The zero-order valence-electron chi connectivity index (χ0n) is 8.20. The molecule has 1 aromatic rings. The molecule has 0 saturated carbocycles. The molecule has 0 spiro atoms. The average molecular weight is 187 g/mol. The minimum atomic E-state index is 0.00655. The first-order valence-corrected chi connectivity index (χ1v) is 5.06. The van der Waals surface area contributed by atoms with Gasteiger partial charge in [0.15, 0.2) is 0 Å². The Kier molecular flexibility index (Phi) is 2.41. The zero-order valence-corrected chi connectivity index (χ0v) is 9.01. The molecule has 0 aromatic carbocycles. The zero-order chi connectivity index (χ0) is 9.35. The summed E-state index contributed by atoms with van der Waals surface area (Å²) in [6, 6.07) is 0. The highest BCUT2D eigenvalue weighted by Crippen LogP contribution is 2.10. The van der Waals surface area contributed by atoms with E-state index in [-0.39, 0.29) is 5.54 Å². The van der Waals surface area contributed by atoms with Crippen molar-refractivity contribution in [1.29, 1.82) is 0 Å². The molecule has 0 radical (unpaired) electrons. The Morgan fingerprint density at radius 3 is 2.33 bits per heavy atom. The number of aromatic nitrogens is 4. The van der Waals surface area contributed by atoms with Crippen molar-refractivity contribution in [3.63, 3.8) is 0 Å². The minimum Gasteiger partial charge on any atom is -0.122 e. The van der Waals surface area contributed by atoms with Crippen LogP contribution in [0.3, 0.4) is 0 Å². The summed E-state index contributed by atoms with van der Waals surface area (Å²) in [6.07, 6.45) is 2.01. The Morgan fingerprint density at radius 2 is 2.00 bits per heavy atom. The lowest BCUT2D eigenvalue weighted by atomic mass is 10.1. The van der Waals surface area contributed by atoms with Crippen molar-refractivity contribution in [2.24, 2.45) is 7.05 Å². The maximum absolute atomic E-state index is 4.25. The highest BCUT2D eigenvalue weighted by atomic mass is 32.2. The van der Waals surface area contributed by atoms with Gasteiger partial charge in [0.25, 0.3) is 0 Å². The van der Waals surface area contributed by atoms with E-state index in [1.807, 2.05) is 18.0 Å². The van der Waals surface area contributed by atoms with Gasteiger partial charge in [0.1, 0.15) is 12.6 Å². The van der Waals surface area contributed by atoms with Crippen LogP contribution in [0.5, 0.6) is 0 Å². The molecule has 0 aliphatic rings. The van der Waals surface area contributed by atoms with E-state index in [1.54, 1.807) is 16.6 Å². The molecule has 0 amide bonds. The highest BCUT2D eigenvalue weighted by Gasteiger charge is 2.27. The standard InChI is InChI=1S/C7H15N4S/c1-7(2,3)11-6(12-5)8-10(4)9-11/h1-5H3/q+1. The van der Waals surface area contributed by atoms with Crippen molar-refractivity contribution >= 4 is 11.8 Å². The van der Waals surface area contributed by atoms with E-state index in [4.69, 9.17) is 0 Å². The summed E-state index contributed by atoms with van der Waals surface area (Å²) in [5.41, 5.74) is 0.00655. The molecule has 4 nitrogen and oxygen atoms in total. The van der Waals surface area contributed by atoms with Crippen molar-refractivity contribution < 1.29 is 4.68 Å². The Bertz CT molecular complexity index is 273. The van der Waals surface area contributed by atoms with E-state index in [1.165, 1.54) is 0 Å². The smallest absolute Gasteiger partial charge is 0.122 e. The summed E-state index contributed by atoms with van der Waals surface area (Å²) >= 11 is 1.61. The Hall–Kier alpha value is -0.580. The van der Waals surface area contributed by atoms with Gasteiger partial charge in [-0.25, -0.2) is 0 Å². The second kappa shape index (κ2) is 3.05. The van der Waals surface area contributed by atoms with Crippen LogP contribution < -0.4 is 4.68 Å². The van der Waals surface area contributed by atoms with E-state index in [2.05, 4.69) is 31.1 Å². The maximum atomic E-state index is 4.25. The fourth-order valence-electron chi connectivity index (χ4n) is 0.902. The number of aryl methyl sites for hydroxylation is 1. The molecule has 0 unspecified atom stereocenters. The summed E-state index contributed by atoms with van der Waals surface area (Å²) in [7, 11) is 1.84. The van der Waals surface area contributed by atoms with Crippen LogP contribution in [0.1, 0.15) is 20.8 Å². The van der Waals surface area contributed by atoms with Gasteiger partial charge in [-0.3, -0.25) is 0 Å². The van der Waals surface area contributed by atoms with Crippen LogP contribution in [0.4, 0.5) is 0 Å². The van der Waals surface area contributed by atoms with Gasteiger partial charge < -0.3 is 0 Å². The second-order valence-electron chi connectivity index (χ2n) is 3.65. The van der Waals surface area contributed by atoms with Crippen LogP contribution >= 0.6 is 11.8 Å². The lowest BCUT2D eigenvalue weighted by Gasteiger charge is -2.12. The Balaban J connectivity index is 3.13. The van der Waals surface area contributed by atoms with Crippen LogP contribution in [0.25, 0.3) is 0 Å². The molecule has 1 rings (SSSR count). The normalized spacial score (nSPS) is 12.1. The predicted octanol–water partition coefficient (Wildman–Crippen LogP) is 0.579. The highest BCUT2D eigenvalue weighted by molar-refractivity contribution is 7.98. The number of nitrogens with zero attached hydrogens (tertiary/aromatic N) is 4. The quantitative estimate of drug-likeness (QED) is 0.476. The van der Waals surface area contributed by atoms with Crippen molar-refractivity contribution in [3.05, 3.63) is 0 Å². The largest absolute Gasteiger partial charge is 0.357 e. The molecule has 0 fully saturated rings. The average Bonchev–Trinajstić information content (AvgIpc) is 2.29. The van der Waals surface area contributed by atoms with Crippen molar-refractivity contribution in [3.8, 4) is 0 Å². The topological polar surface area (TPSA) is 34.6 Å². The number of tetrazole rings is 1. The molecule has 0 bridgehead atoms. The fourth-order valence-corrected chi connectivity index (χ4v) is 1.59. The van der Waals surface area contributed by atoms with Gasteiger partial charge in [-0.2, -0.15) is 0 Å². The van der Waals surface area contributed by atoms with Crippen LogP contribution in [-0.4, -0.2) is 21.4 Å². The number of hydrogen-bond acceptors (Lipinski definition) is 3. The van der Waals surface area contributed by atoms with E-state index < -0.39 is 0 Å². The van der Waals surface area contributed by atoms with E-state index >= 15 is 0 Å². The Morgan fingerprint density at radius 1 is 1.42 bits per heavy atom. The van der Waals surface area contributed by atoms with Crippen LogP contribution in [-0.2, 0) is 12.6 Å². The number of thioether (sulfide) groups is 1. The first-order chi connectivity index (χ1) is 5.45. The van der Waals surface area contributed by atoms with Gasteiger partial charge in [0.05, 0.1) is 10.3 Å². The number of hydrogen-bond donors (Lipinski definition) is 0. The SMILES string of the molecule is CSc1nn(C)n[n+]1C(C)(C)C. The summed E-state index contributed by atoms with van der Waals surface area (Å²) in [4.78, 5) is 1.59. The molecule has 0 aliphatic heterocycles.